The number of aliphatic hydroxyl groups is 1. The van der Waals surface area contributed by atoms with E-state index in [0.29, 0.717) is 6.42 Å². The molecule has 0 bridgehead atoms. The highest BCUT2D eigenvalue weighted by atomic mass is 16.6. The van der Waals surface area contributed by atoms with Crippen molar-refractivity contribution in [2.45, 2.75) is 103 Å². The van der Waals surface area contributed by atoms with E-state index in [1.54, 1.807) is 0 Å². The highest BCUT2D eigenvalue weighted by molar-refractivity contribution is 5.81. The second-order valence-corrected chi connectivity index (χ2v) is 6.13. The van der Waals surface area contributed by atoms with Crippen LogP contribution in [0.5, 0.6) is 0 Å². The van der Waals surface area contributed by atoms with E-state index < -0.39 is 12.3 Å². The average Bonchev–Trinajstić information content (AvgIpc) is 2.51. The van der Waals surface area contributed by atoms with Crippen LogP contribution in [0.3, 0.4) is 0 Å². The van der Waals surface area contributed by atoms with E-state index in [2.05, 4.69) is 13.5 Å². The van der Waals surface area contributed by atoms with Crippen molar-refractivity contribution in [3.05, 3.63) is 12.7 Å². The molecule has 0 amide bonds. The van der Waals surface area contributed by atoms with Crippen LogP contribution >= 0.6 is 0 Å². The Balaban J connectivity index is 3.14. The number of ether oxygens (including phenoxy) is 1. The van der Waals surface area contributed by atoms with Crippen LogP contribution in [0.1, 0.15) is 96.8 Å². The van der Waals surface area contributed by atoms with Gasteiger partial charge in [-0.05, 0) is 6.42 Å². The fourth-order valence-electron chi connectivity index (χ4n) is 2.58. The molecule has 0 heterocycles. The van der Waals surface area contributed by atoms with Gasteiger partial charge >= 0.3 is 5.97 Å². The van der Waals surface area contributed by atoms with Crippen molar-refractivity contribution in [3.8, 4) is 0 Å². The van der Waals surface area contributed by atoms with Crippen LogP contribution < -0.4 is 0 Å². The zero-order valence-electron chi connectivity index (χ0n) is 14.5. The van der Waals surface area contributed by atoms with Gasteiger partial charge in [0.15, 0.2) is 0 Å². The van der Waals surface area contributed by atoms with Crippen LogP contribution in [-0.4, -0.2) is 17.4 Å². The van der Waals surface area contributed by atoms with E-state index in [-0.39, 0.29) is 0 Å². The summed E-state index contributed by atoms with van der Waals surface area (Å²) in [6, 6.07) is 0. The first-order chi connectivity index (χ1) is 10.7. The highest BCUT2D eigenvalue weighted by Crippen LogP contribution is 2.13. The average molecular weight is 312 g/mol. The number of aliphatic hydroxyl groups excluding tert-OH is 1. The number of carbonyl (C=O) groups is 1. The summed E-state index contributed by atoms with van der Waals surface area (Å²) in [6.45, 7) is 5.56. The van der Waals surface area contributed by atoms with E-state index in [1.165, 1.54) is 70.6 Å². The molecule has 0 radical (unpaired) electrons. The molecule has 3 nitrogen and oxygen atoms in total. The number of unbranched alkanes of at least 4 members (excludes halogenated alkanes) is 12. The Hall–Kier alpha value is -0.830. The Morgan fingerprint density at radius 2 is 1.32 bits per heavy atom. The number of carbonyl (C=O) groups excluding carboxylic acids is 1. The van der Waals surface area contributed by atoms with Gasteiger partial charge in [0, 0.05) is 12.5 Å². The smallest absolute Gasteiger partial charge is 0.332 e. The van der Waals surface area contributed by atoms with Gasteiger partial charge in [0.1, 0.15) is 0 Å². The third-order valence-corrected chi connectivity index (χ3v) is 3.97. The van der Waals surface area contributed by atoms with Gasteiger partial charge in [0.05, 0.1) is 0 Å². The minimum Gasteiger partial charge on any atom is -0.433 e. The van der Waals surface area contributed by atoms with Crippen molar-refractivity contribution in [2.75, 3.05) is 0 Å². The van der Waals surface area contributed by atoms with Crippen molar-refractivity contribution < 1.29 is 14.6 Å². The summed E-state index contributed by atoms with van der Waals surface area (Å²) in [5.41, 5.74) is 0. The number of rotatable bonds is 16. The Bertz CT molecular complexity index is 263. The van der Waals surface area contributed by atoms with Crippen molar-refractivity contribution in [1.82, 2.24) is 0 Å². The Morgan fingerprint density at radius 3 is 1.73 bits per heavy atom. The van der Waals surface area contributed by atoms with Crippen molar-refractivity contribution in [2.24, 2.45) is 0 Å². The second-order valence-electron chi connectivity index (χ2n) is 6.13. The van der Waals surface area contributed by atoms with Crippen LogP contribution in [-0.2, 0) is 9.53 Å². The molecule has 0 aromatic rings. The molecule has 1 N–H and O–H groups in total. The first-order valence-corrected chi connectivity index (χ1v) is 9.21. The first kappa shape index (κ1) is 21.2. The molecule has 130 valence electrons. The lowest BCUT2D eigenvalue weighted by Crippen LogP contribution is -2.15. The summed E-state index contributed by atoms with van der Waals surface area (Å²) in [5, 5.41) is 9.44. The zero-order chi connectivity index (χ0) is 16.5. The van der Waals surface area contributed by atoms with Crippen LogP contribution in [0.4, 0.5) is 0 Å². The Morgan fingerprint density at radius 1 is 0.909 bits per heavy atom. The lowest BCUT2D eigenvalue weighted by atomic mass is 10.0. The van der Waals surface area contributed by atoms with Gasteiger partial charge in [-0.15, -0.1) is 0 Å². The van der Waals surface area contributed by atoms with Crippen LogP contribution in [0.2, 0.25) is 0 Å². The highest BCUT2D eigenvalue weighted by Gasteiger charge is 2.07. The molecule has 3 heteroatoms. The number of esters is 1. The largest absolute Gasteiger partial charge is 0.433 e. The summed E-state index contributed by atoms with van der Waals surface area (Å²) in [7, 11) is 0. The van der Waals surface area contributed by atoms with E-state index in [1.807, 2.05) is 0 Å². The van der Waals surface area contributed by atoms with Crippen LogP contribution in [0.25, 0.3) is 0 Å². The Kier molecular flexibility index (Phi) is 15.9. The van der Waals surface area contributed by atoms with Crippen molar-refractivity contribution in [1.29, 1.82) is 0 Å². The van der Waals surface area contributed by atoms with Gasteiger partial charge in [-0.2, -0.15) is 0 Å². The van der Waals surface area contributed by atoms with Crippen molar-refractivity contribution in [3.63, 3.8) is 0 Å². The van der Waals surface area contributed by atoms with E-state index >= 15 is 0 Å². The first-order valence-electron chi connectivity index (χ1n) is 9.21. The maximum Gasteiger partial charge on any atom is 0.332 e. The summed E-state index contributed by atoms with van der Waals surface area (Å²) in [5.74, 6) is -0.554. The van der Waals surface area contributed by atoms with E-state index in [4.69, 9.17) is 4.74 Å². The van der Waals surface area contributed by atoms with Gasteiger partial charge in [0.25, 0.3) is 0 Å². The SMILES string of the molecule is C=CC(=O)OC(O)CCCCCCCCCCCCCCC. The molecule has 0 spiro atoms. The topological polar surface area (TPSA) is 46.5 Å². The van der Waals surface area contributed by atoms with Gasteiger partial charge in [0.2, 0.25) is 6.29 Å². The van der Waals surface area contributed by atoms with Crippen LogP contribution in [0, 0.1) is 0 Å². The summed E-state index contributed by atoms with van der Waals surface area (Å²) >= 11 is 0. The maximum absolute atomic E-state index is 10.9. The third-order valence-electron chi connectivity index (χ3n) is 3.97. The lowest BCUT2D eigenvalue weighted by molar-refractivity contribution is -0.162. The number of hydrogen-bond acceptors (Lipinski definition) is 3. The minimum atomic E-state index is -0.974. The minimum absolute atomic E-state index is 0.525. The molecule has 22 heavy (non-hydrogen) atoms. The van der Waals surface area contributed by atoms with Gasteiger partial charge < -0.3 is 9.84 Å². The molecular weight excluding hydrogens is 276 g/mol. The van der Waals surface area contributed by atoms with E-state index in [9.17, 15) is 9.90 Å². The molecule has 0 saturated heterocycles. The molecule has 0 aliphatic carbocycles. The molecule has 0 aliphatic heterocycles. The summed E-state index contributed by atoms with van der Waals surface area (Å²) < 4.78 is 4.71. The predicted octanol–water partition coefficient (Wildman–Crippen LogP) is 5.52. The van der Waals surface area contributed by atoms with E-state index in [0.717, 1.165) is 18.9 Å². The predicted molar refractivity (Wildman–Crippen MR) is 92.6 cm³/mol. The quantitative estimate of drug-likeness (QED) is 0.177. The second kappa shape index (κ2) is 16.5. The Labute approximate surface area is 137 Å². The summed E-state index contributed by atoms with van der Waals surface area (Å²) in [6.07, 6.45) is 17.5. The lowest BCUT2D eigenvalue weighted by Gasteiger charge is -2.10. The maximum atomic E-state index is 10.9. The monoisotopic (exact) mass is 312 g/mol. The molecule has 1 unspecified atom stereocenters. The molecule has 0 fully saturated rings. The van der Waals surface area contributed by atoms with Crippen LogP contribution in [0.15, 0.2) is 12.7 Å². The molecule has 0 aromatic heterocycles. The molecule has 0 saturated carbocycles. The molecular formula is C19H36O3. The fourth-order valence-corrected chi connectivity index (χ4v) is 2.58. The zero-order valence-corrected chi connectivity index (χ0v) is 14.5. The summed E-state index contributed by atoms with van der Waals surface area (Å²) in [4.78, 5) is 10.9. The number of hydrogen-bond donors (Lipinski definition) is 1. The normalized spacial score (nSPS) is 12.1. The molecule has 0 aromatic carbocycles. The van der Waals surface area contributed by atoms with Gasteiger partial charge in [-0.3, -0.25) is 0 Å². The van der Waals surface area contributed by atoms with Crippen molar-refractivity contribution >= 4 is 5.97 Å². The molecule has 0 rings (SSSR count). The molecule has 1 atom stereocenters. The van der Waals surface area contributed by atoms with Gasteiger partial charge in [-0.25, -0.2) is 4.79 Å². The molecule has 0 aliphatic rings. The standard InChI is InChI=1S/C19H36O3/c1-3-5-6-7-8-9-10-11-12-13-14-15-16-17-19(21)22-18(20)4-2/h4,19,21H,2-3,5-17H2,1H3. The van der Waals surface area contributed by atoms with Gasteiger partial charge in [-0.1, -0.05) is 90.6 Å². The third kappa shape index (κ3) is 15.6. The fraction of sp³-hybridized carbons (Fsp3) is 0.842.